The first-order chi connectivity index (χ1) is 7.58. The molecule has 0 heterocycles. The van der Waals surface area contributed by atoms with Crippen molar-refractivity contribution in [3.05, 3.63) is 23.8 Å². The normalized spacial score (nSPS) is 11.9. The number of hydrogen-bond acceptors (Lipinski definition) is 5. The summed E-state index contributed by atoms with van der Waals surface area (Å²) < 4.78 is 9.35. The Labute approximate surface area is 93.2 Å². The summed E-state index contributed by atoms with van der Waals surface area (Å²) in [5.41, 5.74) is 0.428. The van der Waals surface area contributed by atoms with Gasteiger partial charge in [-0.1, -0.05) is 0 Å². The van der Waals surface area contributed by atoms with Gasteiger partial charge in [0.05, 0.1) is 14.2 Å². The lowest BCUT2D eigenvalue weighted by atomic mass is 10.1. The molecule has 5 heteroatoms. The first-order valence-electron chi connectivity index (χ1n) is 4.70. The summed E-state index contributed by atoms with van der Waals surface area (Å²) in [4.78, 5) is 11.0. The van der Waals surface area contributed by atoms with Gasteiger partial charge < -0.3 is 19.7 Å². The molecule has 1 rings (SSSR count). The summed E-state index contributed by atoms with van der Waals surface area (Å²) in [5.74, 6) is -0.184. The quantitative estimate of drug-likeness (QED) is 0.730. The van der Waals surface area contributed by atoms with E-state index < -0.39 is 12.1 Å². The van der Waals surface area contributed by atoms with E-state index in [1.54, 1.807) is 12.1 Å². The third kappa shape index (κ3) is 2.87. The molecule has 5 nitrogen and oxygen atoms in total. The number of aliphatic hydroxyl groups excluding tert-OH is 1. The summed E-state index contributed by atoms with van der Waals surface area (Å²) >= 11 is 0. The first kappa shape index (κ1) is 12.3. The number of hydrogen-bond donors (Lipinski definition) is 2. The van der Waals surface area contributed by atoms with Gasteiger partial charge in [0.1, 0.15) is 11.5 Å². The van der Waals surface area contributed by atoms with Crippen molar-refractivity contribution in [3.8, 4) is 11.5 Å². The standard InChI is InChI=1S/C11H14O5/c1-15-8-3-4-9(12)7(5-8)6-10(13)11(14)16-2/h3-5,10,12-13H,6H2,1-2H3. The summed E-state index contributed by atoms with van der Waals surface area (Å²) in [6, 6.07) is 4.59. The second-order valence-corrected chi connectivity index (χ2v) is 3.24. The molecule has 1 atom stereocenters. The van der Waals surface area contributed by atoms with Crippen LogP contribution in [0.5, 0.6) is 11.5 Å². The van der Waals surface area contributed by atoms with Gasteiger partial charge >= 0.3 is 5.97 Å². The molecule has 1 aromatic rings. The van der Waals surface area contributed by atoms with Crippen molar-refractivity contribution in [3.63, 3.8) is 0 Å². The largest absolute Gasteiger partial charge is 0.508 e. The molecule has 1 unspecified atom stereocenters. The molecular weight excluding hydrogens is 212 g/mol. The zero-order chi connectivity index (χ0) is 12.1. The minimum absolute atomic E-state index is 0.00348. The van der Waals surface area contributed by atoms with Gasteiger partial charge in [0.15, 0.2) is 6.10 Å². The Bertz CT molecular complexity index is 375. The van der Waals surface area contributed by atoms with E-state index >= 15 is 0 Å². The highest BCUT2D eigenvalue weighted by atomic mass is 16.5. The number of rotatable bonds is 4. The second kappa shape index (κ2) is 5.37. The monoisotopic (exact) mass is 226 g/mol. The molecule has 0 radical (unpaired) electrons. The second-order valence-electron chi connectivity index (χ2n) is 3.24. The van der Waals surface area contributed by atoms with Gasteiger partial charge in [-0.15, -0.1) is 0 Å². The number of phenolic OH excluding ortho intramolecular Hbond substituents is 1. The Morgan fingerprint density at radius 1 is 1.44 bits per heavy atom. The molecule has 16 heavy (non-hydrogen) atoms. The Balaban J connectivity index is 2.83. The van der Waals surface area contributed by atoms with Crippen molar-refractivity contribution in [2.75, 3.05) is 14.2 Å². The molecule has 0 saturated heterocycles. The van der Waals surface area contributed by atoms with E-state index in [9.17, 15) is 15.0 Å². The van der Waals surface area contributed by atoms with E-state index in [0.717, 1.165) is 0 Å². The van der Waals surface area contributed by atoms with Crippen LogP contribution >= 0.6 is 0 Å². The number of esters is 1. The molecule has 1 aromatic carbocycles. The summed E-state index contributed by atoms with van der Waals surface area (Å²) in [6.07, 6.45) is -1.31. The number of carbonyl (C=O) groups excluding carboxylic acids is 1. The molecule has 0 amide bonds. The van der Waals surface area contributed by atoms with Crippen LogP contribution in [0.1, 0.15) is 5.56 Å². The maximum Gasteiger partial charge on any atom is 0.335 e. The maximum absolute atomic E-state index is 11.0. The van der Waals surface area contributed by atoms with Crippen molar-refractivity contribution in [1.82, 2.24) is 0 Å². The van der Waals surface area contributed by atoms with E-state index in [4.69, 9.17) is 4.74 Å². The number of phenols is 1. The van der Waals surface area contributed by atoms with E-state index in [2.05, 4.69) is 4.74 Å². The van der Waals surface area contributed by atoms with Crippen molar-refractivity contribution in [2.24, 2.45) is 0 Å². The van der Waals surface area contributed by atoms with E-state index in [-0.39, 0.29) is 12.2 Å². The molecule has 0 aliphatic carbocycles. The van der Waals surface area contributed by atoms with Crippen LogP contribution in [0.3, 0.4) is 0 Å². The Kier molecular flexibility index (Phi) is 4.13. The van der Waals surface area contributed by atoms with Gasteiger partial charge in [-0.2, -0.15) is 0 Å². The molecule has 0 fully saturated rings. The SMILES string of the molecule is COC(=O)C(O)Cc1cc(OC)ccc1O. The van der Waals surface area contributed by atoms with Crippen LogP contribution in [-0.2, 0) is 16.0 Å². The average Bonchev–Trinajstić information content (AvgIpc) is 2.30. The summed E-state index contributed by atoms with van der Waals surface area (Å²) in [5, 5.41) is 18.9. The summed E-state index contributed by atoms with van der Waals surface area (Å²) in [6.45, 7) is 0. The zero-order valence-corrected chi connectivity index (χ0v) is 9.14. The molecular formula is C11H14O5. The molecule has 0 saturated carbocycles. The van der Waals surface area contributed by atoms with Crippen molar-refractivity contribution in [1.29, 1.82) is 0 Å². The summed E-state index contributed by atoms with van der Waals surface area (Å²) in [7, 11) is 2.68. The van der Waals surface area contributed by atoms with Gasteiger partial charge in [0, 0.05) is 12.0 Å². The van der Waals surface area contributed by atoms with Crippen LogP contribution in [0.15, 0.2) is 18.2 Å². The van der Waals surface area contributed by atoms with Gasteiger partial charge in [-0.3, -0.25) is 0 Å². The van der Waals surface area contributed by atoms with Crippen LogP contribution in [0.2, 0.25) is 0 Å². The van der Waals surface area contributed by atoms with Crippen molar-refractivity contribution in [2.45, 2.75) is 12.5 Å². The zero-order valence-electron chi connectivity index (χ0n) is 9.14. The van der Waals surface area contributed by atoms with Crippen LogP contribution in [0.25, 0.3) is 0 Å². The molecule has 88 valence electrons. The van der Waals surface area contributed by atoms with Gasteiger partial charge in [0.2, 0.25) is 0 Å². The number of benzene rings is 1. The predicted octanol–water partition coefficient (Wildman–Crippen LogP) is 0.477. The molecule has 0 aliphatic rings. The lowest BCUT2D eigenvalue weighted by Crippen LogP contribution is -2.24. The maximum atomic E-state index is 11.0. The number of aliphatic hydroxyl groups is 1. The fourth-order valence-corrected chi connectivity index (χ4v) is 1.28. The smallest absolute Gasteiger partial charge is 0.335 e. The van der Waals surface area contributed by atoms with Crippen LogP contribution in [-0.4, -0.2) is 36.5 Å². The Morgan fingerprint density at radius 3 is 2.69 bits per heavy atom. The van der Waals surface area contributed by atoms with E-state index in [1.807, 2.05) is 0 Å². The van der Waals surface area contributed by atoms with Gasteiger partial charge in [0.25, 0.3) is 0 Å². The van der Waals surface area contributed by atoms with E-state index in [0.29, 0.717) is 11.3 Å². The fourth-order valence-electron chi connectivity index (χ4n) is 1.28. The third-order valence-corrected chi connectivity index (χ3v) is 2.17. The predicted molar refractivity (Wildman–Crippen MR) is 56.4 cm³/mol. The van der Waals surface area contributed by atoms with Crippen LogP contribution < -0.4 is 4.74 Å². The minimum atomic E-state index is -1.29. The van der Waals surface area contributed by atoms with Crippen molar-refractivity contribution >= 4 is 5.97 Å². The Morgan fingerprint density at radius 2 is 2.12 bits per heavy atom. The number of methoxy groups -OCH3 is 2. The highest BCUT2D eigenvalue weighted by molar-refractivity contribution is 5.74. The van der Waals surface area contributed by atoms with E-state index in [1.165, 1.54) is 20.3 Å². The first-order valence-corrected chi connectivity index (χ1v) is 4.70. The molecule has 0 aromatic heterocycles. The highest BCUT2D eigenvalue weighted by Gasteiger charge is 2.18. The topological polar surface area (TPSA) is 76.0 Å². The highest BCUT2D eigenvalue weighted by Crippen LogP contribution is 2.24. The minimum Gasteiger partial charge on any atom is -0.508 e. The van der Waals surface area contributed by atoms with Crippen LogP contribution in [0, 0.1) is 0 Å². The lowest BCUT2D eigenvalue weighted by Gasteiger charge is -2.10. The van der Waals surface area contributed by atoms with Gasteiger partial charge in [-0.25, -0.2) is 4.79 Å². The number of ether oxygens (including phenoxy) is 2. The van der Waals surface area contributed by atoms with Crippen LogP contribution in [0.4, 0.5) is 0 Å². The Hall–Kier alpha value is -1.75. The fraction of sp³-hybridized carbons (Fsp3) is 0.364. The molecule has 0 bridgehead atoms. The van der Waals surface area contributed by atoms with Gasteiger partial charge in [-0.05, 0) is 18.2 Å². The van der Waals surface area contributed by atoms with Crippen molar-refractivity contribution < 1.29 is 24.5 Å². The molecule has 0 spiro atoms. The lowest BCUT2D eigenvalue weighted by molar-refractivity contribution is -0.150. The average molecular weight is 226 g/mol. The molecule has 2 N–H and O–H groups in total. The third-order valence-electron chi connectivity index (χ3n) is 2.17. The number of aromatic hydroxyl groups is 1. The number of carbonyl (C=O) groups is 1. The molecule has 0 aliphatic heterocycles.